The molecule has 1 amide bonds. The first-order chi connectivity index (χ1) is 5.84. The van der Waals surface area contributed by atoms with Crippen molar-refractivity contribution in [2.24, 2.45) is 11.7 Å². The highest BCUT2D eigenvalue weighted by molar-refractivity contribution is 5.78. The summed E-state index contributed by atoms with van der Waals surface area (Å²) in [5, 5.41) is 2.78. The minimum atomic E-state index is 0.128. The number of hydrogen-bond donors (Lipinski definition) is 2. The van der Waals surface area contributed by atoms with Crippen LogP contribution in [-0.2, 0) is 9.53 Å². The minimum Gasteiger partial charge on any atom is -0.381 e. The summed E-state index contributed by atoms with van der Waals surface area (Å²) in [6.07, 6.45) is 1.69. The normalized spacial score (nSPS) is 19.1. The van der Waals surface area contributed by atoms with Gasteiger partial charge >= 0.3 is 0 Å². The van der Waals surface area contributed by atoms with Gasteiger partial charge in [0.05, 0.1) is 0 Å². The van der Waals surface area contributed by atoms with Crippen LogP contribution in [0.2, 0.25) is 0 Å². The number of carbonyl (C=O) groups excluding carboxylic acids is 1. The fourth-order valence-electron chi connectivity index (χ4n) is 1.30. The topological polar surface area (TPSA) is 64.3 Å². The van der Waals surface area contributed by atoms with Crippen LogP contribution in [0, 0.1) is 5.92 Å². The maximum atomic E-state index is 11.3. The van der Waals surface area contributed by atoms with E-state index in [0.29, 0.717) is 26.3 Å². The zero-order chi connectivity index (χ0) is 8.81. The van der Waals surface area contributed by atoms with Crippen LogP contribution in [0.3, 0.4) is 0 Å². The molecule has 3 N–H and O–H groups in total. The Morgan fingerprint density at radius 2 is 2.17 bits per heavy atom. The molecule has 1 aliphatic heterocycles. The second kappa shape index (κ2) is 5.11. The molecule has 1 aliphatic rings. The molecule has 0 atom stereocenters. The van der Waals surface area contributed by atoms with E-state index < -0.39 is 0 Å². The summed E-state index contributed by atoms with van der Waals surface area (Å²) in [6.45, 7) is 2.51. The Morgan fingerprint density at radius 3 is 2.75 bits per heavy atom. The van der Waals surface area contributed by atoms with Crippen molar-refractivity contribution in [2.45, 2.75) is 12.8 Å². The van der Waals surface area contributed by atoms with E-state index in [1.165, 1.54) is 0 Å². The second-order valence-corrected chi connectivity index (χ2v) is 2.97. The van der Waals surface area contributed by atoms with Crippen molar-refractivity contribution >= 4 is 5.91 Å². The van der Waals surface area contributed by atoms with E-state index in [1.54, 1.807) is 0 Å². The van der Waals surface area contributed by atoms with E-state index in [9.17, 15) is 4.79 Å². The molecular formula is C8H16N2O2. The molecular weight excluding hydrogens is 156 g/mol. The minimum absolute atomic E-state index is 0.128. The molecule has 0 aromatic rings. The molecule has 0 unspecified atom stereocenters. The summed E-state index contributed by atoms with van der Waals surface area (Å²) in [5.74, 6) is 0.272. The zero-order valence-electron chi connectivity index (χ0n) is 7.21. The monoisotopic (exact) mass is 172 g/mol. The molecule has 0 saturated carbocycles. The van der Waals surface area contributed by atoms with Gasteiger partial charge < -0.3 is 15.8 Å². The number of nitrogens with one attached hydrogen (secondary N) is 1. The average molecular weight is 172 g/mol. The predicted molar refractivity (Wildman–Crippen MR) is 45.6 cm³/mol. The summed E-state index contributed by atoms with van der Waals surface area (Å²) in [4.78, 5) is 11.3. The Balaban J connectivity index is 2.20. The molecule has 4 nitrogen and oxygen atoms in total. The molecule has 0 aromatic heterocycles. The lowest BCUT2D eigenvalue weighted by molar-refractivity contribution is -0.127. The van der Waals surface area contributed by atoms with Gasteiger partial charge in [-0.05, 0) is 12.8 Å². The standard InChI is InChI=1S/C8H16N2O2/c9-3-4-10-8(11)7-1-5-12-6-2-7/h7H,1-6,9H2,(H,10,11). The number of hydrogen-bond acceptors (Lipinski definition) is 3. The molecule has 1 fully saturated rings. The van der Waals surface area contributed by atoms with Gasteiger partial charge in [-0.2, -0.15) is 0 Å². The quantitative estimate of drug-likeness (QED) is 0.602. The number of nitrogens with two attached hydrogens (primary N) is 1. The van der Waals surface area contributed by atoms with E-state index in [4.69, 9.17) is 10.5 Å². The van der Waals surface area contributed by atoms with Gasteiger partial charge in [0.15, 0.2) is 0 Å². The molecule has 1 heterocycles. The Bertz CT molecular complexity index is 144. The van der Waals surface area contributed by atoms with Gasteiger partial charge in [0.25, 0.3) is 0 Å². The molecule has 70 valence electrons. The smallest absolute Gasteiger partial charge is 0.223 e. The maximum absolute atomic E-state index is 11.3. The molecule has 0 aliphatic carbocycles. The van der Waals surface area contributed by atoms with Crippen molar-refractivity contribution in [3.63, 3.8) is 0 Å². The van der Waals surface area contributed by atoms with Crippen LogP contribution >= 0.6 is 0 Å². The predicted octanol–water partition coefficient (Wildman–Crippen LogP) is -0.512. The van der Waals surface area contributed by atoms with Crippen molar-refractivity contribution in [2.75, 3.05) is 26.3 Å². The Labute approximate surface area is 72.5 Å². The highest BCUT2D eigenvalue weighted by atomic mass is 16.5. The third-order valence-corrected chi connectivity index (χ3v) is 2.04. The lowest BCUT2D eigenvalue weighted by atomic mass is 9.99. The van der Waals surface area contributed by atoms with Crippen molar-refractivity contribution in [1.82, 2.24) is 5.32 Å². The first kappa shape index (κ1) is 9.48. The van der Waals surface area contributed by atoms with Crippen LogP contribution < -0.4 is 11.1 Å². The zero-order valence-corrected chi connectivity index (χ0v) is 7.21. The molecule has 0 bridgehead atoms. The number of ether oxygens (including phenoxy) is 1. The van der Waals surface area contributed by atoms with Crippen LogP contribution in [0.15, 0.2) is 0 Å². The number of rotatable bonds is 3. The summed E-state index contributed by atoms with van der Waals surface area (Å²) in [6, 6.07) is 0. The maximum Gasteiger partial charge on any atom is 0.223 e. The molecule has 0 aromatic carbocycles. The lowest BCUT2D eigenvalue weighted by Crippen LogP contribution is -2.36. The Kier molecular flexibility index (Phi) is 4.04. The fraction of sp³-hybridized carbons (Fsp3) is 0.875. The van der Waals surface area contributed by atoms with Crippen LogP contribution in [0.1, 0.15) is 12.8 Å². The van der Waals surface area contributed by atoms with E-state index in [1.807, 2.05) is 0 Å². The van der Waals surface area contributed by atoms with Gasteiger partial charge in [-0.3, -0.25) is 4.79 Å². The van der Waals surface area contributed by atoms with Crippen molar-refractivity contribution in [1.29, 1.82) is 0 Å². The molecule has 0 radical (unpaired) electrons. The molecule has 0 spiro atoms. The summed E-state index contributed by atoms with van der Waals surface area (Å²) >= 11 is 0. The third kappa shape index (κ3) is 2.79. The van der Waals surface area contributed by atoms with Crippen LogP contribution in [0.5, 0.6) is 0 Å². The van der Waals surface area contributed by atoms with E-state index in [2.05, 4.69) is 5.32 Å². The summed E-state index contributed by atoms with van der Waals surface area (Å²) < 4.78 is 5.15. The Morgan fingerprint density at radius 1 is 1.50 bits per heavy atom. The fourth-order valence-corrected chi connectivity index (χ4v) is 1.30. The number of amides is 1. The second-order valence-electron chi connectivity index (χ2n) is 2.97. The van der Waals surface area contributed by atoms with Crippen molar-refractivity contribution < 1.29 is 9.53 Å². The van der Waals surface area contributed by atoms with Gasteiger partial charge in [-0.1, -0.05) is 0 Å². The van der Waals surface area contributed by atoms with Crippen LogP contribution in [0.25, 0.3) is 0 Å². The van der Waals surface area contributed by atoms with E-state index in [0.717, 1.165) is 12.8 Å². The first-order valence-electron chi connectivity index (χ1n) is 4.40. The summed E-state index contributed by atoms with van der Waals surface area (Å²) in [7, 11) is 0. The highest BCUT2D eigenvalue weighted by Crippen LogP contribution is 2.13. The third-order valence-electron chi connectivity index (χ3n) is 2.04. The number of carbonyl (C=O) groups is 1. The van der Waals surface area contributed by atoms with Gasteiger partial charge in [0, 0.05) is 32.2 Å². The van der Waals surface area contributed by atoms with E-state index >= 15 is 0 Å². The largest absolute Gasteiger partial charge is 0.381 e. The Hall–Kier alpha value is -0.610. The van der Waals surface area contributed by atoms with Crippen LogP contribution in [-0.4, -0.2) is 32.2 Å². The van der Waals surface area contributed by atoms with Gasteiger partial charge in [0.1, 0.15) is 0 Å². The highest BCUT2D eigenvalue weighted by Gasteiger charge is 2.20. The SMILES string of the molecule is NCCNC(=O)C1CCOCC1. The molecule has 1 saturated heterocycles. The van der Waals surface area contributed by atoms with Gasteiger partial charge in [-0.15, -0.1) is 0 Å². The molecule has 12 heavy (non-hydrogen) atoms. The first-order valence-corrected chi connectivity index (χ1v) is 4.40. The van der Waals surface area contributed by atoms with Crippen molar-refractivity contribution in [3.05, 3.63) is 0 Å². The van der Waals surface area contributed by atoms with Gasteiger partial charge in [0.2, 0.25) is 5.91 Å². The van der Waals surface area contributed by atoms with E-state index in [-0.39, 0.29) is 11.8 Å². The average Bonchev–Trinajstić information content (AvgIpc) is 2.15. The van der Waals surface area contributed by atoms with Crippen molar-refractivity contribution in [3.8, 4) is 0 Å². The summed E-state index contributed by atoms with van der Waals surface area (Å²) in [5.41, 5.74) is 5.27. The molecule has 4 heteroatoms. The van der Waals surface area contributed by atoms with Crippen LogP contribution in [0.4, 0.5) is 0 Å². The lowest BCUT2D eigenvalue weighted by Gasteiger charge is -2.20. The molecule has 1 rings (SSSR count). The van der Waals surface area contributed by atoms with Gasteiger partial charge in [-0.25, -0.2) is 0 Å².